The molecule has 102 valence electrons. The summed E-state index contributed by atoms with van der Waals surface area (Å²) in [5.41, 5.74) is 0.838. The molecule has 1 aliphatic heterocycles. The smallest absolute Gasteiger partial charge is 0.234 e. The average Bonchev–Trinajstić information content (AvgIpc) is 2.90. The fraction of sp³-hybridized carbons (Fsp3) is 0.385. The lowest BCUT2D eigenvalue weighted by molar-refractivity contribution is -0.113. The SMILES string of the molecule is O=C(CSC(=S)N1CCCC1)Nc1cccc(I)c1. The molecule has 0 bridgehead atoms. The van der Waals surface area contributed by atoms with Crippen molar-refractivity contribution in [1.29, 1.82) is 0 Å². The van der Waals surface area contributed by atoms with Crippen molar-refractivity contribution < 1.29 is 4.79 Å². The summed E-state index contributed by atoms with van der Waals surface area (Å²) in [5, 5.41) is 2.89. The molecule has 2 rings (SSSR count). The van der Waals surface area contributed by atoms with Crippen LogP contribution >= 0.6 is 46.6 Å². The van der Waals surface area contributed by atoms with Gasteiger partial charge in [0.25, 0.3) is 0 Å². The van der Waals surface area contributed by atoms with Gasteiger partial charge in [-0.2, -0.15) is 0 Å². The van der Waals surface area contributed by atoms with Crippen molar-refractivity contribution in [2.75, 3.05) is 24.2 Å². The molecular weight excluding hydrogens is 391 g/mol. The number of hydrogen-bond acceptors (Lipinski definition) is 3. The fourth-order valence-electron chi connectivity index (χ4n) is 1.88. The third-order valence-corrected chi connectivity index (χ3v) is 4.99. The van der Waals surface area contributed by atoms with Crippen LogP contribution in [0.5, 0.6) is 0 Å². The number of carbonyl (C=O) groups excluding carboxylic acids is 1. The third-order valence-electron chi connectivity index (χ3n) is 2.80. The first-order chi connectivity index (χ1) is 9.15. The van der Waals surface area contributed by atoms with E-state index < -0.39 is 0 Å². The second kappa shape index (κ2) is 7.44. The second-order valence-electron chi connectivity index (χ2n) is 4.31. The normalized spacial score (nSPS) is 14.5. The molecule has 1 fully saturated rings. The first kappa shape index (κ1) is 15.1. The molecule has 3 nitrogen and oxygen atoms in total. The fourth-order valence-corrected chi connectivity index (χ4v) is 3.48. The van der Waals surface area contributed by atoms with Crippen molar-refractivity contribution >= 4 is 62.5 Å². The van der Waals surface area contributed by atoms with Crippen LogP contribution < -0.4 is 5.32 Å². The molecule has 0 aromatic heterocycles. The van der Waals surface area contributed by atoms with Crippen LogP contribution in [0.1, 0.15) is 12.8 Å². The van der Waals surface area contributed by atoms with Crippen molar-refractivity contribution in [2.24, 2.45) is 0 Å². The Bertz CT molecular complexity index is 475. The molecule has 0 atom stereocenters. The van der Waals surface area contributed by atoms with Crippen LogP contribution in [0.4, 0.5) is 5.69 Å². The van der Waals surface area contributed by atoms with Gasteiger partial charge >= 0.3 is 0 Å². The van der Waals surface area contributed by atoms with E-state index >= 15 is 0 Å². The Kier molecular flexibility index (Phi) is 5.90. The van der Waals surface area contributed by atoms with Crippen LogP contribution in [-0.4, -0.2) is 34.0 Å². The highest BCUT2D eigenvalue weighted by Gasteiger charge is 2.16. The summed E-state index contributed by atoms with van der Waals surface area (Å²) in [6.45, 7) is 2.06. The number of thioether (sulfide) groups is 1. The van der Waals surface area contributed by atoms with Gasteiger partial charge < -0.3 is 10.2 Å². The topological polar surface area (TPSA) is 32.3 Å². The largest absolute Gasteiger partial charge is 0.358 e. The first-order valence-electron chi connectivity index (χ1n) is 6.12. The summed E-state index contributed by atoms with van der Waals surface area (Å²) >= 11 is 9.00. The first-order valence-corrected chi connectivity index (χ1v) is 8.59. The van der Waals surface area contributed by atoms with Gasteiger partial charge in [-0.3, -0.25) is 4.79 Å². The molecule has 1 heterocycles. The summed E-state index contributed by atoms with van der Waals surface area (Å²) in [4.78, 5) is 14.0. The van der Waals surface area contributed by atoms with E-state index in [0.29, 0.717) is 5.75 Å². The molecule has 1 aliphatic rings. The molecule has 1 saturated heterocycles. The maximum Gasteiger partial charge on any atom is 0.234 e. The zero-order chi connectivity index (χ0) is 13.7. The number of halogens is 1. The number of hydrogen-bond donors (Lipinski definition) is 1. The number of amides is 1. The molecule has 0 radical (unpaired) electrons. The summed E-state index contributed by atoms with van der Waals surface area (Å²) in [7, 11) is 0. The Balaban J connectivity index is 1.76. The lowest BCUT2D eigenvalue weighted by Crippen LogP contribution is -2.25. The van der Waals surface area contributed by atoms with E-state index in [1.165, 1.54) is 24.6 Å². The molecule has 0 saturated carbocycles. The summed E-state index contributed by atoms with van der Waals surface area (Å²) in [6, 6.07) is 7.76. The molecule has 1 aromatic rings. The van der Waals surface area contributed by atoms with Gasteiger partial charge in [0.15, 0.2) is 0 Å². The summed E-state index contributed by atoms with van der Waals surface area (Å²) in [6.07, 6.45) is 2.41. The molecular formula is C13H15IN2OS2. The highest BCUT2D eigenvalue weighted by Crippen LogP contribution is 2.17. The number of carbonyl (C=O) groups is 1. The monoisotopic (exact) mass is 406 g/mol. The zero-order valence-corrected chi connectivity index (χ0v) is 14.2. The minimum atomic E-state index is -0.00598. The van der Waals surface area contributed by atoms with Crippen LogP contribution in [-0.2, 0) is 4.79 Å². The number of thiocarbonyl (C=S) groups is 1. The standard InChI is InChI=1S/C13H15IN2OS2/c14-10-4-3-5-11(8-10)15-12(17)9-19-13(18)16-6-1-2-7-16/h3-5,8H,1-2,6-7,9H2,(H,15,17). The Morgan fingerprint density at radius 2 is 2.16 bits per heavy atom. The molecule has 6 heteroatoms. The number of nitrogens with one attached hydrogen (secondary N) is 1. The van der Waals surface area contributed by atoms with Crippen molar-refractivity contribution in [2.45, 2.75) is 12.8 Å². The number of rotatable bonds is 3. The van der Waals surface area contributed by atoms with Gasteiger partial charge in [-0.05, 0) is 53.6 Å². The molecule has 19 heavy (non-hydrogen) atoms. The molecule has 0 aliphatic carbocycles. The van der Waals surface area contributed by atoms with Crippen molar-refractivity contribution in [1.82, 2.24) is 4.90 Å². The predicted octanol–water partition coefficient (Wildman–Crippen LogP) is 3.34. The quantitative estimate of drug-likeness (QED) is 0.617. The van der Waals surface area contributed by atoms with Crippen LogP contribution in [0, 0.1) is 3.57 Å². The van der Waals surface area contributed by atoms with Crippen molar-refractivity contribution in [3.63, 3.8) is 0 Å². The summed E-state index contributed by atoms with van der Waals surface area (Å²) < 4.78 is 1.95. The van der Waals surface area contributed by atoms with Crippen LogP contribution in [0.15, 0.2) is 24.3 Å². The highest BCUT2D eigenvalue weighted by atomic mass is 127. The van der Waals surface area contributed by atoms with E-state index in [0.717, 1.165) is 26.7 Å². The number of nitrogens with zero attached hydrogens (tertiary/aromatic N) is 1. The predicted molar refractivity (Wildman–Crippen MR) is 93.7 cm³/mol. The lowest BCUT2D eigenvalue weighted by Gasteiger charge is -2.17. The number of likely N-dealkylation sites (tertiary alicyclic amines) is 1. The average molecular weight is 406 g/mol. The summed E-state index contributed by atoms with van der Waals surface area (Å²) in [5.74, 6) is 0.370. The highest BCUT2D eigenvalue weighted by molar-refractivity contribution is 14.1. The molecule has 1 amide bonds. The second-order valence-corrected chi connectivity index (χ2v) is 7.16. The third kappa shape index (κ3) is 4.92. The maximum atomic E-state index is 11.8. The molecule has 0 spiro atoms. The van der Waals surface area contributed by atoms with Crippen LogP contribution in [0.3, 0.4) is 0 Å². The Hall–Kier alpha value is -0.340. The Morgan fingerprint density at radius 3 is 2.84 bits per heavy atom. The van der Waals surface area contributed by atoms with Gasteiger partial charge in [0.05, 0.1) is 5.75 Å². The molecule has 1 aromatic carbocycles. The minimum Gasteiger partial charge on any atom is -0.358 e. The van der Waals surface area contributed by atoms with E-state index in [-0.39, 0.29) is 5.91 Å². The van der Waals surface area contributed by atoms with Gasteiger partial charge in [-0.1, -0.05) is 30.0 Å². The zero-order valence-electron chi connectivity index (χ0n) is 10.4. The van der Waals surface area contributed by atoms with Gasteiger partial charge in [0.2, 0.25) is 5.91 Å². The Labute approximate surface area is 136 Å². The van der Waals surface area contributed by atoms with E-state index in [1.807, 2.05) is 24.3 Å². The van der Waals surface area contributed by atoms with Gasteiger partial charge in [-0.25, -0.2) is 0 Å². The van der Waals surface area contributed by atoms with E-state index in [1.54, 1.807) is 0 Å². The number of benzene rings is 1. The Morgan fingerprint density at radius 1 is 1.42 bits per heavy atom. The van der Waals surface area contributed by atoms with Gasteiger partial charge in [-0.15, -0.1) is 0 Å². The van der Waals surface area contributed by atoms with E-state index in [2.05, 4.69) is 32.8 Å². The van der Waals surface area contributed by atoms with Crippen LogP contribution in [0.25, 0.3) is 0 Å². The van der Waals surface area contributed by atoms with E-state index in [4.69, 9.17) is 12.2 Å². The van der Waals surface area contributed by atoms with Crippen molar-refractivity contribution in [3.8, 4) is 0 Å². The minimum absolute atomic E-state index is 0.00598. The van der Waals surface area contributed by atoms with Gasteiger partial charge in [0, 0.05) is 22.3 Å². The van der Waals surface area contributed by atoms with Gasteiger partial charge in [0.1, 0.15) is 4.32 Å². The lowest BCUT2D eigenvalue weighted by atomic mass is 10.3. The molecule has 0 unspecified atom stereocenters. The van der Waals surface area contributed by atoms with Crippen molar-refractivity contribution in [3.05, 3.63) is 27.8 Å². The van der Waals surface area contributed by atoms with E-state index in [9.17, 15) is 4.79 Å². The van der Waals surface area contributed by atoms with Crippen LogP contribution in [0.2, 0.25) is 0 Å². The molecule has 1 N–H and O–H groups in total. The maximum absolute atomic E-state index is 11.8. The number of anilines is 1.